The van der Waals surface area contributed by atoms with E-state index in [1.165, 1.54) is 0 Å². The Bertz CT molecular complexity index is 603. The standard InChI is InChI=1S/C14H16N4O/c15-13(19)12-11-9-16-7-4-8-18(11)14(17-12)10-5-2-1-3-6-10/h1-3,5-6,16H,4,7-9H2,(H2,15,19). The van der Waals surface area contributed by atoms with Crippen LogP contribution in [0.15, 0.2) is 30.3 Å². The number of primary amides is 1. The van der Waals surface area contributed by atoms with E-state index in [4.69, 9.17) is 5.73 Å². The first-order valence-electron chi connectivity index (χ1n) is 6.42. The predicted octanol–water partition coefficient (Wildman–Crippen LogP) is 1.14. The maximum atomic E-state index is 11.5. The van der Waals surface area contributed by atoms with Gasteiger partial charge >= 0.3 is 0 Å². The van der Waals surface area contributed by atoms with E-state index in [0.29, 0.717) is 12.2 Å². The molecule has 0 saturated heterocycles. The molecule has 0 bridgehead atoms. The van der Waals surface area contributed by atoms with E-state index in [9.17, 15) is 4.79 Å². The average Bonchev–Trinajstić information content (AvgIpc) is 2.62. The van der Waals surface area contributed by atoms with Gasteiger partial charge in [0.15, 0.2) is 5.69 Å². The van der Waals surface area contributed by atoms with Crippen LogP contribution in [0.4, 0.5) is 0 Å². The fraction of sp³-hybridized carbons (Fsp3) is 0.286. The highest BCUT2D eigenvalue weighted by Gasteiger charge is 2.22. The van der Waals surface area contributed by atoms with E-state index in [1.807, 2.05) is 30.3 Å². The summed E-state index contributed by atoms with van der Waals surface area (Å²) in [5.74, 6) is 0.364. The van der Waals surface area contributed by atoms with Gasteiger partial charge in [0, 0.05) is 18.7 Å². The lowest BCUT2D eigenvalue weighted by Gasteiger charge is -2.08. The summed E-state index contributed by atoms with van der Waals surface area (Å²) in [6, 6.07) is 9.90. The topological polar surface area (TPSA) is 72.9 Å². The molecule has 0 atom stereocenters. The number of benzene rings is 1. The van der Waals surface area contributed by atoms with Gasteiger partial charge in [0.1, 0.15) is 5.82 Å². The molecule has 19 heavy (non-hydrogen) atoms. The number of rotatable bonds is 2. The number of nitrogens with two attached hydrogens (primary N) is 1. The number of carbonyl (C=O) groups is 1. The average molecular weight is 256 g/mol. The normalized spacial score (nSPS) is 14.7. The molecule has 2 aromatic rings. The van der Waals surface area contributed by atoms with Crippen LogP contribution in [0.2, 0.25) is 0 Å². The van der Waals surface area contributed by atoms with E-state index in [-0.39, 0.29) is 0 Å². The predicted molar refractivity (Wildman–Crippen MR) is 72.5 cm³/mol. The third kappa shape index (κ3) is 2.13. The van der Waals surface area contributed by atoms with E-state index in [1.54, 1.807) is 0 Å². The van der Waals surface area contributed by atoms with Crippen LogP contribution in [0, 0.1) is 0 Å². The van der Waals surface area contributed by atoms with Gasteiger partial charge in [-0.15, -0.1) is 0 Å². The van der Waals surface area contributed by atoms with Crippen LogP contribution in [0.3, 0.4) is 0 Å². The molecule has 1 amide bonds. The summed E-state index contributed by atoms with van der Waals surface area (Å²) >= 11 is 0. The highest BCUT2D eigenvalue weighted by Crippen LogP contribution is 2.24. The molecule has 1 aliphatic rings. The van der Waals surface area contributed by atoms with Gasteiger partial charge in [-0.1, -0.05) is 30.3 Å². The summed E-state index contributed by atoms with van der Waals surface area (Å²) in [5.41, 5.74) is 7.72. The van der Waals surface area contributed by atoms with Gasteiger partial charge in [0.25, 0.3) is 5.91 Å². The number of carbonyl (C=O) groups excluding carboxylic acids is 1. The Labute approximate surface area is 111 Å². The second kappa shape index (κ2) is 4.85. The highest BCUT2D eigenvalue weighted by atomic mass is 16.1. The monoisotopic (exact) mass is 256 g/mol. The Morgan fingerprint density at radius 2 is 2.11 bits per heavy atom. The molecule has 1 aliphatic heterocycles. The fourth-order valence-electron chi connectivity index (χ4n) is 2.48. The van der Waals surface area contributed by atoms with E-state index in [0.717, 1.165) is 36.6 Å². The first-order valence-corrected chi connectivity index (χ1v) is 6.42. The molecule has 0 radical (unpaired) electrons. The first-order chi connectivity index (χ1) is 9.27. The second-order valence-electron chi connectivity index (χ2n) is 4.64. The van der Waals surface area contributed by atoms with Crippen molar-refractivity contribution in [2.45, 2.75) is 19.5 Å². The molecule has 2 heterocycles. The van der Waals surface area contributed by atoms with E-state index < -0.39 is 5.91 Å². The molecule has 0 aliphatic carbocycles. The van der Waals surface area contributed by atoms with Gasteiger partial charge in [-0.05, 0) is 13.0 Å². The zero-order valence-corrected chi connectivity index (χ0v) is 10.6. The smallest absolute Gasteiger partial charge is 0.269 e. The van der Waals surface area contributed by atoms with Crippen molar-refractivity contribution in [1.82, 2.24) is 14.9 Å². The van der Waals surface area contributed by atoms with Crippen LogP contribution in [0.5, 0.6) is 0 Å². The third-order valence-electron chi connectivity index (χ3n) is 3.37. The lowest BCUT2D eigenvalue weighted by molar-refractivity contribution is 0.0995. The lowest BCUT2D eigenvalue weighted by atomic mass is 10.2. The van der Waals surface area contributed by atoms with Gasteiger partial charge in [0.2, 0.25) is 0 Å². The Balaban J connectivity index is 2.17. The van der Waals surface area contributed by atoms with Gasteiger partial charge < -0.3 is 15.6 Å². The maximum absolute atomic E-state index is 11.5. The molecule has 0 unspecified atom stereocenters. The molecule has 5 nitrogen and oxygen atoms in total. The molecule has 0 spiro atoms. The van der Waals surface area contributed by atoms with E-state index in [2.05, 4.69) is 14.9 Å². The van der Waals surface area contributed by atoms with Crippen LogP contribution < -0.4 is 11.1 Å². The number of hydrogen-bond acceptors (Lipinski definition) is 3. The molecule has 1 aromatic heterocycles. The van der Waals surface area contributed by atoms with Crippen molar-refractivity contribution in [3.63, 3.8) is 0 Å². The minimum absolute atomic E-state index is 0.383. The SMILES string of the molecule is NC(=O)c1nc(-c2ccccc2)n2c1CNCCC2. The second-order valence-corrected chi connectivity index (χ2v) is 4.64. The lowest BCUT2D eigenvalue weighted by Crippen LogP contribution is -2.18. The fourth-order valence-corrected chi connectivity index (χ4v) is 2.48. The van der Waals surface area contributed by atoms with Crippen LogP contribution in [-0.4, -0.2) is 22.0 Å². The van der Waals surface area contributed by atoms with Crippen molar-refractivity contribution in [2.75, 3.05) is 6.54 Å². The number of nitrogens with zero attached hydrogens (tertiary/aromatic N) is 2. The molecule has 5 heteroatoms. The summed E-state index contributed by atoms with van der Waals surface area (Å²) in [5, 5.41) is 3.29. The number of amides is 1. The third-order valence-corrected chi connectivity index (χ3v) is 3.37. The van der Waals surface area contributed by atoms with Crippen LogP contribution >= 0.6 is 0 Å². The Hall–Kier alpha value is -2.14. The first kappa shape index (κ1) is 11.9. The molecule has 3 rings (SSSR count). The van der Waals surface area contributed by atoms with Crippen molar-refractivity contribution < 1.29 is 4.79 Å². The number of imidazole rings is 1. The maximum Gasteiger partial charge on any atom is 0.269 e. The van der Waals surface area contributed by atoms with Crippen LogP contribution in [0.1, 0.15) is 22.6 Å². The minimum atomic E-state index is -0.463. The summed E-state index contributed by atoms with van der Waals surface area (Å²) in [6.07, 6.45) is 1.02. The van der Waals surface area contributed by atoms with Crippen molar-refractivity contribution in [1.29, 1.82) is 0 Å². The van der Waals surface area contributed by atoms with Crippen LogP contribution in [0.25, 0.3) is 11.4 Å². The number of hydrogen-bond donors (Lipinski definition) is 2. The van der Waals surface area contributed by atoms with E-state index >= 15 is 0 Å². The Morgan fingerprint density at radius 3 is 2.84 bits per heavy atom. The molecule has 98 valence electrons. The molecule has 0 saturated carbocycles. The Morgan fingerprint density at radius 1 is 1.32 bits per heavy atom. The molecular formula is C14H16N4O. The van der Waals surface area contributed by atoms with Gasteiger partial charge in [-0.25, -0.2) is 4.98 Å². The van der Waals surface area contributed by atoms with Gasteiger partial charge in [0.05, 0.1) is 5.69 Å². The number of fused-ring (bicyclic) bond motifs is 1. The molecule has 0 fully saturated rings. The minimum Gasteiger partial charge on any atom is -0.364 e. The molecule has 1 aromatic carbocycles. The van der Waals surface area contributed by atoms with Crippen molar-refractivity contribution in [3.05, 3.63) is 41.7 Å². The van der Waals surface area contributed by atoms with Crippen LogP contribution in [-0.2, 0) is 13.1 Å². The van der Waals surface area contributed by atoms with Crippen molar-refractivity contribution in [2.24, 2.45) is 5.73 Å². The van der Waals surface area contributed by atoms with Crippen molar-refractivity contribution in [3.8, 4) is 11.4 Å². The van der Waals surface area contributed by atoms with Gasteiger partial charge in [-0.3, -0.25) is 4.79 Å². The number of nitrogens with one attached hydrogen (secondary N) is 1. The summed E-state index contributed by atoms with van der Waals surface area (Å²) < 4.78 is 2.11. The molecule has 3 N–H and O–H groups in total. The summed E-state index contributed by atoms with van der Waals surface area (Å²) in [7, 11) is 0. The van der Waals surface area contributed by atoms with Gasteiger partial charge in [-0.2, -0.15) is 0 Å². The number of aromatic nitrogens is 2. The largest absolute Gasteiger partial charge is 0.364 e. The quantitative estimate of drug-likeness (QED) is 0.846. The zero-order valence-electron chi connectivity index (χ0n) is 10.6. The summed E-state index contributed by atoms with van der Waals surface area (Å²) in [6.45, 7) is 2.43. The highest BCUT2D eigenvalue weighted by molar-refractivity contribution is 5.92. The molecular weight excluding hydrogens is 240 g/mol. The van der Waals surface area contributed by atoms with Crippen molar-refractivity contribution >= 4 is 5.91 Å². The summed E-state index contributed by atoms with van der Waals surface area (Å²) in [4.78, 5) is 16.0. The zero-order chi connectivity index (χ0) is 13.2. The Kier molecular flexibility index (Phi) is 3.05.